The first-order valence-corrected chi connectivity index (χ1v) is 6.84. The Balaban J connectivity index is 1.73. The third kappa shape index (κ3) is 2.80. The minimum atomic E-state index is 0.810. The second kappa shape index (κ2) is 5.20. The number of anilines is 1. The van der Waals surface area contributed by atoms with E-state index in [9.17, 15) is 0 Å². The number of aryl methyl sites for hydroxylation is 1. The van der Waals surface area contributed by atoms with Crippen LogP contribution in [0.5, 0.6) is 0 Å². The standard InChI is InChI=1S/C15H13N3S/c1-11-6-8-12(9-7-11)10-16-18-15-17-13-4-2-3-5-14(13)19-15/h2-10H,1H3,(H,17,18)/b16-10+. The highest BCUT2D eigenvalue weighted by molar-refractivity contribution is 7.22. The van der Waals surface area contributed by atoms with Gasteiger partial charge in [-0.25, -0.2) is 4.98 Å². The Morgan fingerprint density at radius 2 is 1.89 bits per heavy atom. The molecule has 1 aromatic heterocycles. The van der Waals surface area contributed by atoms with E-state index in [1.165, 1.54) is 5.56 Å². The van der Waals surface area contributed by atoms with Crippen LogP contribution in [0.15, 0.2) is 53.6 Å². The second-order valence-electron chi connectivity index (χ2n) is 4.27. The van der Waals surface area contributed by atoms with Crippen LogP contribution in [0, 0.1) is 6.92 Å². The van der Waals surface area contributed by atoms with E-state index in [1.807, 2.05) is 30.3 Å². The molecule has 1 N–H and O–H groups in total. The van der Waals surface area contributed by atoms with Crippen molar-refractivity contribution in [3.8, 4) is 0 Å². The van der Waals surface area contributed by atoms with Crippen LogP contribution in [0.25, 0.3) is 10.2 Å². The van der Waals surface area contributed by atoms with E-state index >= 15 is 0 Å². The van der Waals surface area contributed by atoms with Gasteiger partial charge < -0.3 is 0 Å². The van der Waals surface area contributed by atoms with Crippen LogP contribution in [-0.4, -0.2) is 11.2 Å². The topological polar surface area (TPSA) is 37.3 Å². The van der Waals surface area contributed by atoms with Gasteiger partial charge in [-0.1, -0.05) is 53.3 Å². The minimum Gasteiger partial charge on any atom is -0.253 e. The number of thiazole rings is 1. The van der Waals surface area contributed by atoms with Gasteiger partial charge in [-0.2, -0.15) is 5.10 Å². The molecule has 0 amide bonds. The van der Waals surface area contributed by atoms with Crippen molar-refractivity contribution < 1.29 is 0 Å². The molecule has 0 aliphatic carbocycles. The minimum absolute atomic E-state index is 0.810. The van der Waals surface area contributed by atoms with Crippen molar-refractivity contribution in [2.45, 2.75) is 6.92 Å². The second-order valence-corrected chi connectivity index (χ2v) is 5.30. The molecule has 0 unspecified atom stereocenters. The Kier molecular flexibility index (Phi) is 3.25. The fraction of sp³-hybridized carbons (Fsp3) is 0.0667. The lowest BCUT2D eigenvalue weighted by atomic mass is 10.2. The van der Waals surface area contributed by atoms with Gasteiger partial charge >= 0.3 is 0 Å². The van der Waals surface area contributed by atoms with Crippen molar-refractivity contribution in [2.24, 2.45) is 5.10 Å². The first-order chi connectivity index (χ1) is 9.31. The van der Waals surface area contributed by atoms with E-state index in [4.69, 9.17) is 0 Å². The fourth-order valence-electron chi connectivity index (χ4n) is 1.73. The number of hydrazone groups is 1. The number of hydrogen-bond acceptors (Lipinski definition) is 4. The SMILES string of the molecule is Cc1ccc(/C=N/Nc2nc3ccccc3s2)cc1. The molecule has 3 rings (SSSR count). The number of aromatic nitrogens is 1. The predicted octanol–water partition coefficient (Wildman–Crippen LogP) is 4.05. The number of hydrogen-bond donors (Lipinski definition) is 1. The van der Waals surface area contributed by atoms with Crippen LogP contribution in [0.1, 0.15) is 11.1 Å². The summed E-state index contributed by atoms with van der Waals surface area (Å²) in [5, 5.41) is 5.02. The number of fused-ring (bicyclic) bond motifs is 1. The number of rotatable bonds is 3. The maximum atomic E-state index is 4.45. The Hall–Kier alpha value is -2.20. The van der Waals surface area contributed by atoms with E-state index in [2.05, 4.69) is 40.6 Å². The zero-order valence-corrected chi connectivity index (χ0v) is 11.3. The van der Waals surface area contributed by atoms with Crippen molar-refractivity contribution in [3.05, 3.63) is 59.7 Å². The van der Waals surface area contributed by atoms with Gasteiger partial charge in [0.2, 0.25) is 5.13 Å². The van der Waals surface area contributed by atoms with Crippen LogP contribution in [0.3, 0.4) is 0 Å². The molecule has 0 spiro atoms. The Morgan fingerprint density at radius 3 is 2.68 bits per heavy atom. The number of para-hydroxylation sites is 1. The largest absolute Gasteiger partial charge is 0.253 e. The molecule has 0 saturated carbocycles. The Morgan fingerprint density at radius 1 is 1.11 bits per heavy atom. The average Bonchev–Trinajstić information content (AvgIpc) is 2.83. The monoisotopic (exact) mass is 267 g/mol. The highest BCUT2D eigenvalue weighted by Gasteiger charge is 2.00. The summed E-state index contributed by atoms with van der Waals surface area (Å²) in [5.74, 6) is 0. The van der Waals surface area contributed by atoms with E-state index in [0.717, 1.165) is 20.9 Å². The third-order valence-corrected chi connectivity index (χ3v) is 3.69. The number of nitrogens with zero attached hydrogens (tertiary/aromatic N) is 2. The van der Waals surface area contributed by atoms with Gasteiger partial charge in [-0.3, -0.25) is 5.43 Å². The van der Waals surface area contributed by atoms with Crippen LogP contribution in [0.4, 0.5) is 5.13 Å². The van der Waals surface area contributed by atoms with Crippen LogP contribution in [-0.2, 0) is 0 Å². The van der Waals surface area contributed by atoms with Crippen LogP contribution < -0.4 is 5.43 Å². The van der Waals surface area contributed by atoms with Gasteiger partial charge in [-0.05, 0) is 24.6 Å². The van der Waals surface area contributed by atoms with Crippen molar-refractivity contribution in [1.29, 1.82) is 0 Å². The lowest BCUT2D eigenvalue weighted by Gasteiger charge is -1.95. The highest BCUT2D eigenvalue weighted by Crippen LogP contribution is 2.25. The van der Waals surface area contributed by atoms with E-state index in [1.54, 1.807) is 17.6 Å². The summed E-state index contributed by atoms with van der Waals surface area (Å²) < 4.78 is 1.16. The lowest BCUT2D eigenvalue weighted by Crippen LogP contribution is -1.89. The summed E-state index contributed by atoms with van der Waals surface area (Å²) in [5.41, 5.74) is 6.29. The first kappa shape index (κ1) is 11.9. The summed E-state index contributed by atoms with van der Waals surface area (Å²) in [6.07, 6.45) is 1.80. The van der Waals surface area contributed by atoms with Crippen molar-refractivity contribution >= 4 is 32.9 Å². The molecule has 19 heavy (non-hydrogen) atoms. The van der Waals surface area contributed by atoms with Crippen LogP contribution >= 0.6 is 11.3 Å². The molecule has 0 atom stereocenters. The number of nitrogens with one attached hydrogen (secondary N) is 1. The van der Waals surface area contributed by atoms with Gasteiger partial charge in [0, 0.05) is 0 Å². The number of benzene rings is 2. The molecule has 0 aliphatic heterocycles. The zero-order valence-electron chi connectivity index (χ0n) is 10.5. The molecule has 0 radical (unpaired) electrons. The van der Waals surface area contributed by atoms with Crippen molar-refractivity contribution in [1.82, 2.24) is 4.98 Å². The maximum absolute atomic E-state index is 4.45. The Labute approximate surface area is 115 Å². The summed E-state index contributed by atoms with van der Waals surface area (Å²) in [6, 6.07) is 16.3. The molecule has 0 fully saturated rings. The molecule has 0 saturated heterocycles. The molecule has 0 aliphatic rings. The Bertz CT molecular complexity index is 681. The molecule has 2 aromatic carbocycles. The van der Waals surface area contributed by atoms with Crippen molar-refractivity contribution in [2.75, 3.05) is 5.43 Å². The molecular weight excluding hydrogens is 254 g/mol. The van der Waals surface area contributed by atoms with Crippen LogP contribution in [0.2, 0.25) is 0 Å². The van der Waals surface area contributed by atoms with Gasteiger partial charge in [0.15, 0.2) is 0 Å². The predicted molar refractivity (Wildman–Crippen MR) is 82.0 cm³/mol. The third-order valence-electron chi connectivity index (χ3n) is 2.75. The smallest absolute Gasteiger partial charge is 0.204 e. The normalized spacial score (nSPS) is 11.2. The zero-order chi connectivity index (χ0) is 13.1. The van der Waals surface area contributed by atoms with Gasteiger partial charge in [0.05, 0.1) is 16.4 Å². The molecular formula is C15H13N3S. The maximum Gasteiger partial charge on any atom is 0.204 e. The molecule has 4 heteroatoms. The molecule has 3 nitrogen and oxygen atoms in total. The summed E-state index contributed by atoms with van der Waals surface area (Å²) in [7, 11) is 0. The lowest BCUT2D eigenvalue weighted by molar-refractivity contribution is 1.31. The molecule has 0 bridgehead atoms. The molecule has 1 heterocycles. The van der Waals surface area contributed by atoms with Gasteiger partial charge in [0.1, 0.15) is 0 Å². The van der Waals surface area contributed by atoms with Gasteiger partial charge in [-0.15, -0.1) is 0 Å². The molecule has 3 aromatic rings. The van der Waals surface area contributed by atoms with Gasteiger partial charge in [0.25, 0.3) is 0 Å². The average molecular weight is 267 g/mol. The quantitative estimate of drug-likeness (QED) is 0.574. The van der Waals surface area contributed by atoms with E-state index in [-0.39, 0.29) is 0 Å². The molecule has 94 valence electrons. The summed E-state index contributed by atoms with van der Waals surface area (Å²) in [4.78, 5) is 4.45. The summed E-state index contributed by atoms with van der Waals surface area (Å²) in [6.45, 7) is 2.07. The van der Waals surface area contributed by atoms with Crippen molar-refractivity contribution in [3.63, 3.8) is 0 Å². The summed E-state index contributed by atoms with van der Waals surface area (Å²) >= 11 is 1.60. The van der Waals surface area contributed by atoms with E-state index in [0.29, 0.717) is 0 Å². The first-order valence-electron chi connectivity index (χ1n) is 6.02. The van der Waals surface area contributed by atoms with E-state index < -0.39 is 0 Å². The fourth-order valence-corrected chi connectivity index (χ4v) is 2.55. The highest BCUT2D eigenvalue weighted by atomic mass is 32.1.